The van der Waals surface area contributed by atoms with Crippen LogP contribution in [0, 0.1) is 5.92 Å². The van der Waals surface area contributed by atoms with E-state index in [9.17, 15) is 12.8 Å². The molecule has 23 heavy (non-hydrogen) atoms. The normalized spacial score (nSPS) is 25.1. The second-order valence-electron chi connectivity index (χ2n) is 5.52. The third-order valence-corrected chi connectivity index (χ3v) is 5.81. The first-order chi connectivity index (χ1) is 11.0. The van der Waals surface area contributed by atoms with Crippen molar-refractivity contribution in [2.45, 2.75) is 6.42 Å². The van der Waals surface area contributed by atoms with E-state index in [1.807, 2.05) is 0 Å². The molecule has 1 N–H and O–H groups in total. The third kappa shape index (κ3) is 3.07. The standard InChI is InChI=1S/C16H18FN3O2S/c1-12-9-18-6-3-7-20(12)23(21,22)16-5-2-4-13-8-14(16)15(17)11-19-10-13/h2,4-5,8,10-11,13,18H,1,3,6-7,9H2. The van der Waals surface area contributed by atoms with E-state index in [1.54, 1.807) is 24.4 Å². The predicted molar refractivity (Wildman–Crippen MR) is 88.7 cm³/mol. The first-order valence-corrected chi connectivity index (χ1v) is 8.85. The smallest absolute Gasteiger partial charge is 0.264 e. The highest BCUT2D eigenvalue weighted by Gasteiger charge is 2.33. The fourth-order valence-electron chi connectivity index (χ4n) is 2.72. The molecule has 0 amide bonds. The average molecular weight is 335 g/mol. The van der Waals surface area contributed by atoms with Gasteiger partial charge in [-0.05, 0) is 19.0 Å². The lowest BCUT2D eigenvalue weighted by atomic mass is 10.1. The quantitative estimate of drug-likeness (QED) is 0.840. The molecule has 2 aliphatic heterocycles. The van der Waals surface area contributed by atoms with Gasteiger partial charge < -0.3 is 5.32 Å². The van der Waals surface area contributed by atoms with E-state index in [1.165, 1.54) is 10.4 Å². The Morgan fingerprint density at radius 3 is 3.09 bits per heavy atom. The number of nitrogens with one attached hydrogen (secondary N) is 1. The van der Waals surface area contributed by atoms with E-state index in [2.05, 4.69) is 16.9 Å². The molecular formula is C16H18FN3O2S. The highest BCUT2D eigenvalue weighted by atomic mass is 32.2. The minimum Gasteiger partial charge on any atom is -0.311 e. The van der Waals surface area contributed by atoms with Crippen LogP contribution in [0.4, 0.5) is 4.39 Å². The molecular weight excluding hydrogens is 317 g/mol. The van der Waals surface area contributed by atoms with Crippen molar-refractivity contribution >= 4 is 16.2 Å². The molecule has 0 radical (unpaired) electrons. The summed E-state index contributed by atoms with van der Waals surface area (Å²) in [4.78, 5) is 3.81. The topological polar surface area (TPSA) is 61.8 Å². The van der Waals surface area contributed by atoms with Gasteiger partial charge in [0.05, 0.1) is 11.1 Å². The summed E-state index contributed by atoms with van der Waals surface area (Å²) in [5, 5.41) is 3.12. The van der Waals surface area contributed by atoms with Gasteiger partial charge in [0, 0.05) is 36.5 Å². The molecule has 1 saturated heterocycles. The summed E-state index contributed by atoms with van der Waals surface area (Å²) >= 11 is 0. The van der Waals surface area contributed by atoms with Crippen LogP contribution >= 0.6 is 0 Å². The maximum absolute atomic E-state index is 14.3. The fraction of sp³-hybridized carbons (Fsp3) is 0.312. The number of hydrogen-bond donors (Lipinski definition) is 1. The summed E-state index contributed by atoms with van der Waals surface area (Å²) in [5.74, 6) is -0.881. The lowest BCUT2D eigenvalue weighted by Crippen LogP contribution is -2.33. The van der Waals surface area contributed by atoms with Crippen LogP contribution in [0.25, 0.3) is 0 Å². The zero-order valence-electron chi connectivity index (χ0n) is 12.6. The summed E-state index contributed by atoms with van der Waals surface area (Å²) in [6.45, 7) is 5.28. The molecule has 1 aliphatic carbocycles. The monoisotopic (exact) mass is 335 g/mol. The van der Waals surface area contributed by atoms with Crippen LogP contribution in [0.5, 0.6) is 0 Å². The fourth-order valence-corrected chi connectivity index (χ4v) is 4.42. The Bertz CT molecular complexity index is 775. The summed E-state index contributed by atoms with van der Waals surface area (Å²) in [6.07, 6.45) is 9.72. The van der Waals surface area contributed by atoms with Crippen molar-refractivity contribution in [1.82, 2.24) is 9.62 Å². The second-order valence-corrected chi connectivity index (χ2v) is 7.35. The maximum atomic E-state index is 14.3. The summed E-state index contributed by atoms with van der Waals surface area (Å²) < 4.78 is 41.7. The summed E-state index contributed by atoms with van der Waals surface area (Å²) in [6, 6.07) is 0. The van der Waals surface area contributed by atoms with E-state index >= 15 is 0 Å². The minimum absolute atomic E-state index is 0.0569. The average Bonchev–Trinajstić information content (AvgIpc) is 2.92. The molecule has 1 unspecified atom stereocenters. The van der Waals surface area contributed by atoms with Gasteiger partial charge >= 0.3 is 0 Å². The Kier molecular flexibility index (Phi) is 4.32. The van der Waals surface area contributed by atoms with Gasteiger partial charge in [-0.2, -0.15) is 0 Å². The Labute approximate surface area is 135 Å². The number of fused-ring (bicyclic) bond motifs is 1. The number of rotatable bonds is 2. The van der Waals surface area contributed by atoms with Crippen molar-refractivity contribution in [3.8, 4) is 0 Å². The zero-order valence-corrected chi connectivity index (χ0v) is 13.4. The highest BCUT2D eigenvalue weighted by Crippen LogP contribution is 2.33. The van der Waals surface area contributed by atoms with Gasteiger partial charge in [-0.1, -0.05) is 24.8 Å². The third-order valence-electron chi connectivity index (χ3n) is 3.87. The van der Waals surface area contributed by atoms with Gasteiger partial charge in [0.2, 0.25) is 0 Å². The van der Waals surface area contributed by atoms with E-state index in [4.69, 9.17) is 0 Å². The van der Waals surface area contributed by atoms with E-state index in [0.29, 0.717) is 25.2 Å². The molecule has 1 atom stereocenters. The molecule has 1 fully saturated rings. The van der Waals surface area contributed by atoms with E-state index in [-0.39, 0.29) is 16.4 Å². The van der Waals surface area contributed by atoms with Gasteiger partial charge in [0.1, 0.15) is 5.83 Å². The molecule has 3 rings (SSSR count). The van der Waals surface area contributed by atoms with Crippen LogP contribution in [-0.2, 0) is 10.0 Å². The van der Waals surface area contributed by atoms with Crippen LogP contribution in [0.1, 0.15) is 6.42 Å². The van der Waals surface area contributed by atoms with Gasteiger partial charge in [-0.15, -0.1) is 0 Å². The van der Waals surface area contributed by atoms with Crippen LogP contribution in [0.3, 0.4) is 0 Å². The van der Waals surface area contributed by atoms with Crippen molar-refractivity contribution in [2.75, 3.05) is 19.6 Å². The molecule has 7 heteroatoms. The van der Waals surface area contributed by atoms with Crippen molar-refractivity contribution < 1.29 is 12.8 Å². The van der Waals surface area contributed by atoms with Crippen molar-refractivity contribution in [1.29, 1.82) is 0 Å². The molecule has 0 aromatic carbocycles. The lowest BCUT2D eigenvalue weighted by molar-refractivity contribution is 0.486. The molecule has 0 saturated carbocycles. The van der Waals surface area contributed by atoms with Gasteiger partial charge in [-0.3, -0.25) is 9.30 Å². The molecule has 5 nitrogen and oxygen atoms in total. The predicted octanol–water partition coefficient (Wildman–Crippen LogP) is 2.02. The Balaban J connectivity index is 2.05. The highest BCUT2D eigenvalue weighted by molar-refractivity contribution is 7.93. The number of sulfonamides is 1. The van der Waals surface area contributed by atoms with Crippen molar-refractivity contribution in [3.63, 3.8) is 0 Å². The van der Waals surface area contributed by atoms with Gasteiger partial charge in [-0.25, -0.2) is 12.8 Å². The maximum Gasteiger partial charge on any atom is 0.264 e. The number of nitrogens with zero attached hydrogens (tertiary/aromatic N) is 2. The zero-order chi connectivity index (χ0) is 16.4. The number of hydrogen-bond acceptors (Lipinski definition) is 4. The number of allylic oxidation sites excluding steroid dienone is 6. The first kappa shape index (κ1) is 15.9. The molecule has 0 aromatic heterocycles. The SMILES string of the molecule is C=C1CNCCCN1S(=O)(=O)C1=CC=CC2C=NC=C(F)C1=C2. The van der Waals surface area contributed by atoms with Crippen LogP contribution in [-0.4, -0.2) is 38.6 Å². The second kappa shape index (κ2) is 6.25. The minimum atomic E-state index is -3.88. The molecule has 2 bridgehead atoms. The Morgan fingerprint density at radius 2 is 2.26 bits per heavy atom. The van der Waals surface area contributed by atoms with Crippen LogP contribution < -0.4 is 5.32 Å². The molecule has 122 valence electrons. The van der Waals surface area contributed by atoms with Gasteiger partial charge in [0.15, 0.2) is 0 Å². The summed E-state index contributed by atoms with van der Waals surface area (Å²) in [7, 11) is -3.88. The lowest BCUT2D eigenvalue weighted by Gasteiger charge is -2.25. The van der Waals surface area contributed by atoms with Crippen LogP contribution in [0.15, 0.2) is 64.1 Å². The largest absolute Gasteiger partial charge is 0.311 e. The molecule has 0 spiro atoms. The molecule has 0 aromatic rings. The van der Waals surface area contributed by atoms with Crippen LogP contribution in [0.2, 0.25) is 0 Å². The van der Waals surface area contributed by atoms with E-state index < -0.39 is 15.9 Å². The first-order valence-electron chi connectivity index (χ1n) is 7.41. The molecule has 2 heterocycles. The van der Waals surface area contributed by atoms with Gasteiger partial charge in [0.25, 0.3) is 10.0 Å². The molecule has 3 aliphatic rings. The van der Waals surface area contributed by atoms with Crippen molar-refractivity contribution in [3.05, 3.63) is 59.1 Å². The number of halogens is 1. The van der Waals surface area contributed by atoms with E-state index in [0.717, 1.165) is 12.7 Å². The number of aliphatic imine (C=N–C) groups is 1. The summed E-state index contributed by atoms with van der Waals surface area (Å²) in [5.41, 5.74) is 0.519. The Morgan fingerprint density at radius 1 is 1.43 bits per heavy atom. The van der Waals surface area contributed by atoms with Crippen molar-refractivity contribution in [2.24, 2.45) is 10.9 Å². The Hall–Kier alpha value is -1.99.